The Balaban J connectivity index is 2.19. The molecule has 0 bridgehead atoms. The summed E-state index contributed by atoms with van der Waals surface area (Å²) < 4.78 is 23.7. The standard InChI is InChI=1S/C8H15F2N3O/c9-7(10)5-12-6-1-3-13(4-2-6)8(11)14/h6-7,12H,1-5H2,(H2,11,14). The summed E-state index contributed by atoms with van der Waals surface area (Å²) in [7, 11) is 0. The van der Waals surface area contributed by atoms with Crippen LogP contribution in [0, 0.1) is 0 Å². The number of primary amides is 1. The third-order valence-corrected chi connectivity index (χ3v) is 2.37. The molecule has 0 aromatic carbocycles. The van der Waals surface area contributed by atoms with Crippen LogP contribution in [-0.4, -0.2) is 43.0 Å². The lowest BCUT2D eigenvalue weighted by molar-refractivity contribution is 0.132. The molecule has 4 nitrogen and oxygen atoms in total. The zero-order valence-electron chi connectivity index (χ0n) is 7.88. The van der Waals surface area contributed by atoms with E-state index in [1.807, 2.05) is 0 Å². The van der Waals surface area contributed by atoms with E-state index < -0.39 is 12.5 Å². The van der Waals surface area contributed by atoms with Crippen molar-refractivity contribution in [3.8, 4) is 0 Å². The molecule has 1 rings (SSSR count). The third-order valence-electron chi connectivity index (χ3n) is 2.37. The number of hydrogen-bond donors (Lipinski definition) is 2. The van der Waals surface area contributed by atoms with Gasteiger partial charge in [0.25, 0.3) is 6.43 Å². The third kappa shape index (κ3) is 3.45. The van der Waals surface area contributed by atoms with E-state index in [0.717, 1.165) is 0 Å². The number of piperidine rings is 1. The van der Waals surface area contributed by atoms with E-state index in [-0.39, 0.29) is 12.6 Å². The molecule has 1 aliphatic heterocycles. The van der Waals surface area contributed by atoms with Crippen molar-refractivity contribution in [1.82, 2.24) is 10.2 Å². The lowest BCUT2D eigenvalue weighted by Gasteiger charge is -2.31. The first-order valence-corrected chi connectivity index (χ1v) is 4.65. The highest BCUT2D eigenvalue weighted by Crippen LogP contribution is 2.09. The van der Waals surface area contributed by atoms with Crippen LogP contribution in [-0.2, 0) is 0 Å². The van der Waals surface area contributed by atoms with Gasteiger partial charge < -0.3 is 16.0 Å². The highest BCUT2D eigenvalue weighted by Gasteiger charge is 2.21. The number of nitrogens with one attached hydrogen (secondary N) is 1. The molecule has 82 valence electrons. The number of likely N-dealkylation sites (tertiary alicyclic amines) is 1. The van der Waals surface area contributed by atoms with E-state index in [4.69, 9.17) is 5.73 Å². The minimum absolute atomic E-state index is 0.0830. The molecule has 0 aromatic rings. The van der Waals surface area contributed by atoms with Crippen molar-refractivity contribution < 1.29 is 13.6 Å². The van der Waals surface area contributed by atoms with Crippen molar-refractivity contribution in [2.45, 2.75) is 25.3 Å². The molecule has 1 fully saturated rings. The van der Waals surface area contributed by atoms with Gasteiger partial charge >= 0.3 is 6.03 Å². The van der Waals surface area contributed by atoms with Crippen molar-refractivity contribution in [1.29, 1.82) is 0 Å². The minimum Gasteiger partial charge on any atom is -0.351 e. The first kappa shape index (κ1) is 11.2. The zero-order chi connectivity index (χ0) is 10.6. The molecule has 6 heteroatoms. The van der Waals surface area contributed by atoms with Crippen LogP contribution in [0.1, 0.15) is 12.8 Å². The minimum atomic E-state index is -2.32. The van der Waals surface area contributed by atoms with Crippen molar-refractivity contribution in [3.63, 3.8) is 0 Å². The van der Waals surface area contributed by atoms with E-state index in [0.29, 0.717) is 25.9 Å². The molecule has 0 spiro atoms. The van der Waals surface area contributed by atoms with Gasteiger partial charge in [-0.25, -0.2) is 13.6 Å². The second kappa shape index (κ2) is 5.09. The van der Waals surface area contributed by atoms with Gasteiger partial charge in [-0.2, -0.15) is 0 Å². The Labute approximate surface area is 81.4 Å². The number of alkyl halides is 2. The topological polar surface area (TPSA) is 58.4 Å². The number of amides is 2. The fourth-order valence-corrected chi connectivity index (χ4v) is 1.56. The van der Waals surface area contributed by atoms with Crippen LogP contribution in [0.5, 0.6) is 0 Å². The van der Waals surface area contributed by atoms with E-state index >= 15 is 0 Å². The lowest BCUT2D eigenvalue weighted by atomic mass is 10.1. The van der Waals surface area contributed by atoms with E-state index in [2.05, 4.69) is 5.32 Å². The molecule has 0 aromatic heterocycles. The Hall–Kier alpha value is -0.910. The van der Waals surface area contributed by atoms with E-state index in [1.165, 1.54) is 4.90 Å². The molecular formula is C8H15F2N3O. The molecule has 1 aliphatic rings. The van der Waals surface area contributed by atoms with Gasteiger partial charge in [-0.15, -0.1) is 0 Å². The molecule has 3 N–H and O–H groups in total. The van der Waals surface area contributed by atoms with Gasteiger partial charge in [0.1, 0.15) is 0 Å². The summed E-state index contributed by atoms with van der Waals surface area (Å²) in [5, 5.41) is 2.75. The summed E-state index contributed by atoms with van der Waals surface area (Å²) >= 11 is 0. The summed E-state index contributed by atoms with van der Waals surface area (Å²) in [6, 6.07) is -0.350. The van der Waals surface area contributed by atoms with Gasteiger partial charge in [0, 0.05) is 19.1 Å². The van der Waals surface area contributed by atoms with Crippen LogP contribution in [0.2, 0.25) is 0 Å². The summed E-state index contributed by atoms with van der Waals surface area (Å²) in [6.07, 6.45) is -0.935. The van der Waals surface area contributed by atoms with Gasteiger partial charge in [-0.05, 0) is 12.8 Å². The maximum absolute atomic E-state index is 11.8. The summed E-state index contributed by atoms with van der Waals surface area (Å²) in [5.41, 5.74) is 5.08. The molecule has 0 saturated carbocycles. The van der Waals surface area contributed by atoms with Crippen molar-refractivity contribution >= 4 is 6.03 Å². The second-order valence-electron chi connectivity index (χ2n) is 3.40. The molecule has 0 atom stereocenters. The van der Waals surface area contributed by atoms with Crippen LogP contribution in [0.4, 0.5) is 13.6 Å². The first-order valence-electron chi connectivity index (χ1n) is 4.65. The van der Waals surface area contributed by atoms with Crippen molar-refractivity contribution in [3.05, 3.63) is 0 Å². The number of carbonyl (C=O) groups excluding carboxylic acids is 1. The molecular weight excluding hydrogens is 192 g/mol. The fourth-order valence-electron chi connectivity index (χ4n) is 1.56. The number of urea groups is 1. The lowest BCUT2D eigenvalue weighted by Crippen LogP contribution is -2.47. The monoisotopic (exact) mass is 207 g/mol. The molecule has 1 heterocycles. The SMILES string of the molecule is NC(=O)N1CCC(NCC(F)F)CC1. The molecule has 0 radical (unpaired) electrons. The normalized spacial score (nSPS) is 18.9. The van der Waals surface area contributed by atoms with Gasteiger partial charge in [0.2, 0.25) is 0 Å². The van der Waals surface area contributed by atoms with E-state index in [1.54, 1.807) is 0 Å². The largest absolute Gasteiger partial charge is 0.351 e. The first-order chi connectivity index (χ1) is 6.59. The Bertz CT molecular complexity index is 193. The van der Waals surface area contributed by atoms with Gasteiger partial charge in [-0.1, -0.05) is 0 Å². The van der Waals surface area contributed by atoms with E-state index in [9.17, 15) is 13.6 Å². The molecule has 14 heavy (non-hydrogen) atoms. The maximum atomic E-state index is 11.8. The zero-order valence-corrected chi connectivity index (χ0v) is 7.88. The molecule has 2 amide bonds. The number of nitrogens with zero attached hydrogens (tertiary/aromatic N) is 1. The highest BCUT2D eigenvalue weighted by molar-refractivity contribution is 5.72. The Morgan fingerprint density at radius 1 is 1.50 bits per heavy atom. The van der Waals surface area contributed by atoms with Crippen molar-refractivity contribution in [2.75, 3.05) is 19.6 Å². The van der Waals surface area contributed by atoms with Crippen LogP contribution < -0.4 is 11.1 Å². The summed E-state index contributed by atoms with van der Waals surface area (Å²) in [5.74, 6) is 0. The van der Waals surface area contributed by atoms with Gasteiger partial charge in [0.05, 0.1) is 6.54 Å². The van der Waals surface area contributed by atoms with Crippen LogP contribution >= 0.6 is 0 Å². The number of rotatable bonds is 3. The predicted octanol–water partition coefficient (Wildman–Crippen LogP) is 0.384. The fraction of sp³-hybridized carbons (Fsp3) is 0.875. The quantitative estimate of drug-likeness (QED) is 0.703. The Kier molecular flexibility index (Phi) is 4.06. The van der Waals surface area contributed by atoms with Crippen LogP contribution in [0.3, 0.4) is 0 Å². The maximum Gasteiger partial charge on any atom is 0.314 e. The summed E-state index contributed by atoms with van der Waals surface area (Å²) in [4.78, 5) is 12.3. The average molecular weight is 207 g/mol. The number of carbonyl (C=O) groups is 1. The van der Waals surface area contributed by atoms with Gasteiger partial charge in [0.15, 0.2) is 0 Å². The average Bonchev–Trinajstić information content (AvgIpc) is 2.15. The number of nitrogens with two attached hydrogens (primary N) is 1. The smallest absolute Gasteiger partial charge is 0.314 e. The van der Waals surface area contributed by atoms with Gasteiger partial charge in [-0.3, -0.25) is 0 Å². The van der Waals surface area contributed by atoms with Crippen LogP contribution in [0.15, 0.2) is 0 Å². The second-order valence-corrected chi connectivity index (χ2v) is 3.40. The van der Waals surface area contributed by atoms with Crippen LogP contribution in [0.25, 0.3) is 0 Å². The molecule has 0 aliphatic carbocycles. The molecule has 0 unspecified atom stereocenters. The predicted molar refractivity (Wildman–Crippen MR) is 48.2 cm³/mol. The Morgan fingerprint density at radius 3 is 2.50 bits per heavy atom. The highest BCUT2D eigenvalue weighted by atomic mass is 19.3. The summed E-state index contributed by atoms with van der Waals surface area (Å²) in [6.45, 7) is 0.827. The number of hydrogen-bond acceptors (Lipinski definition) is 2. The Morgan fingerprint density at radius 2 is 2.07 bits per heavy atom. The van der Waals surface area contributed by atoms with Crippen molar-refractivity contribution in [2.24, 2.45) is 5.73 Å². The molecule has 1 saturated heterocycles. The number of halogens is 2.